The van der Waals surface area contributed by atoms with Gasteiger partial charge < -0.3 is 10.7 Å². The van der Waals surface area contributed by atoms with Crippen molar-refractivity contribution in [2.75, 3.05) is 7.05 Å². The summed E-state index contributed by atoms with van der Waals surface area (Å²) < 4.78 is 0. The molecule has 0 radical (unpaired) electrons. The van der Waals surface area contributed by atoms with Crippen molar-refractivity contribution in [3.05, 3.63) is 11.2 Å². The lowest BCUT2D eigenvalue weighted by atomic mass is 10.9. The molecule has 0 amide bonds. The van der Waals surface area contributed by atoms with Crippen LogP contribution in [0.4, 0.5) is 0 Å². The van der Waals surface area contributed by atoms with Crippen molar-refractivity contribution in [2.24, 2.45) is 5.73 Å². The van der Waals surface area contributed by atoms with Crippen molar-refractivity contribution in [1.29, 1.82) is 0 Å². The fraction of sp³-hybridized carbons (Fsp3) is 0.333. The Hall–Kier alpha value is -0.130. The predicted octanol–water partition coefficient (Wildman–Crippen LogP) is -0.811. The van der Waals surface area contributed by atoms with Gasteiger partial charge in [-0.05, 0) is 11.2 Å². The quantitative estimate of drug-likeness (QED) is 0.472. The Labute approximate surface area is 55.2 Å². The maximum atomic E-state index is 5.43. The van der Waals surface area contributed by atoms with Crippen LogP contribution in [0.1, 0.15) is 0 Å². The highest BCUT2D eigenvalue weighted by molar-refractivity contribution is 8.30. The molecule has 0 saturated heterocycles. The zero-order valence-electron chi connectivity index (χ0n) is 4.42. The van der Waals surface area contributed by atoms with E-state index in [0.717, 1.165) is 5.03 Å². The molecule has 0 aromatic carbocycles. The van der Waals surface area contributed by atoms with Gasteiger partial charge in [-0.25, -0.2) is 0 Å². The van der Waals surface area contributed by atoms with Gasteiger partial charge >= 0.3 is 0 Å². The molecule has 5 heteroatoms. The molecule has 3 nitrogen and oxygen atoms in total. The minimum atomic E-state index is -0.350. The van der Waals surface area contributed by atoms with Crippen LogP contribution in [0.25, 0.3) is 0 Å². The van der Waals surface area contributed by atoms with Gasteiger partial charge in [0.05, 0.1) is 0 Å². The van der Waals surface area contributed by atoms with E-state index in [0.29, 0.717) is 0 Å². The summed E-state index contributed by atoms with van der Waals surface area (Å²) >= 11 is 4.88. The largest absolute Gasteiger partial charge is 0.391 e. The van der Waals surface area contributed by atoms with Gasteiger partial charge in [0, 0.05) is 22.9 Å². The monoisotopic (exact) mass is 149 g/mol. The summed E-state index contributed by atoms with van der Waals surface area (Å²) in [4.78, 5) is 2.92. The molecule has 0 fully saturated rings. The van der Waals surface area contributed by atoms with E-state index in [9.17, 15) is 0 Å². The highest BCUT2D eigenvalue weighted by atomic mass is 32.8. The summed E-state index contributed by atoms with van der Waals surface area (Å²) in [5.74, 6) is 0. The van der Waals surface area contributed by atoms with Crippen LogP contribution in [0.5, 0.6) is 0 Å². The molecule has 0 spiro atoms. The van der Waals surface area contributed by atoms with E-state index in [1.165, 1.54) is 0 Å². The number of nitrogens with zero attached hydrogens (tertiary/aromatic N) is 1. The van der Waals surface area contributed by atoms with Gasteiger partial charge in [-0.15, -0.1) is 0 Å². The second kappa shape index (κ2) is 2.00. The number of hydrazine groups is 1. The zero-order chi connectivity index (χ0) is 6.15. The van der Waals surface area contributed by atoms with Crippen molar-refractivity contribution in [3.8, 4) is 0 Å². The van der Waals surface area contributed by atoms with Crippen LogP contribution in [-0.4, -0.2) is 12.1 Å². The second-order valence-corrected chi connectivity index (χ2v) is 3.69. The van der Waals surface area contributed by atoms with Crippen LogP contribution in [0, 0.1) is 0 Å². The van der Waals surface area contributed by atoms with Crippen molar-refractivity contribution < 1.29 is 0 Å². The van der Waals surface area contributed by atoms with Crippen LogP contribution >= 0.6 is 0 Å². The topological polar surface area (TPSA) is 41.3 Å². The minimum absolute atomic E-state index is 0.350. The molecule has 1 atom stereocenters. The molecular weight excluding hydrogens is 142 g/mol. The Bertz CT molecular complexity index is 153. The normalized spacial score (nSPS) is 28.4. The zero-order valence-corrected chi connectivity index (χ0v) is 6.05. The van der Waals surface area contributed by atoms with Crippen molar-refractivity contribution >= 4 is 20.8 Å². The van der Waals surface area contributed by atoms with E-state index in [4.69, 9.17) is 16.9 Å². The highest BCUT2D eigenvalue weighted by Gasteiger charge is 2.07. The summed E-state index contributed by atoms with van der Waals surface area (Å²) in [6.45, 7) is 0. The first-order valence-electron chi connectivity index (χ1n) is 2.08. The van der Waals surface area contributed by atoms with Gasteiger partial charge in [0.1, 0.15) is 5.03 Å². The van der Waals surface area contributed by atoms with E-state index in [1.54, 1.807) is 11.2 Å². The molecule has 1 aliphatic heterocycles. The first-order chi connectivity index (χ1) is 3.70. The Morgan fingerprint density at radius 2 is 2.62 bits per heavy atom. The van der Waals surface area contributed by atoms with Gasteiger partial charge in [0.25, 0.3) is 0 Å². The van der Waals surface area contributed by atoms with Crippen LogP contribution in [0.15, 0.2) is 11.2 Å². The lowest BCUT2D eigenvalue weighted by Crippen LogP contribution is -2.24. The van der Waals surface area contributed by atoms with Crippen LogP contribution < -0.4 is 10.6 Å². The number of nitrogens with one attached hydrogen (secondary N) is 1. The average molecular weight is 149 g/mol. The molecule has 0 bridgehead atoms. The standard InChI is InChI=1S/C3H7N3S2/c1-6-2-3(4)8(7)5-6/h2,5H,4H2,1H3. The van der Waals surface area contributed by atoms with E-state index in [2.05, 4.69) is 4.83 Å². The van der Waals surface area contributed by atoms with E-state index in [1.807, 2.05) is 7.05 Å². The number of hydrogen-bond acceptors (Lipinski definition) is 3. The van der Waals surface area contributed by atoms with Crippen molar-refractivity contribution in [1.82, 2.24) is 9.84 Å². The summed E-state index contributed by atoms with van der Waals surface area (Å²) in [5, 5.41) is 2.51. The fourth-order valence-electron chi connectivity index (χ4n) is 0.449. The van der Waals surface area contributed by atoms with Crippen LogP contribution in [-0.2, 0) is 20.8 Å². The SMILES string of the molecule is CN1C=C(N)S(=S)N1. The van der Waals surface area contributed by atoms with Gasteiger partial charge in [0.15, 0.2) is 0 Å². The van der Waals surface area contributed by atoms with Crippen molar-refractivity contribution in [3.63, 3.8) is 0 Å². The van der Waals surface area contributed by atoms with Crippen LogP contribution in [0.3, 0.4) is 0 Å². The molecule has 8 heavy (non-hydrogen) atoms. The Morgan fingerprint density at radius 3 is 2.75 bits per heavy atom. The number of rotatable bonds is 0. The fourth-order valence-corrected chi connectivity index (χ4v) is 1.60. The Morgan fingerprint density at radius 1 is 2.00 bits per heavy atom. The summed E-state index contributed by atoms with van der Waals surface area (Å²) in [7, 11) is 1.52. The average Bonchev–Trinajstić information content (AvgIpc) is 1.85. The third-order valence-corrected chi connectivity index (χ3v) is 2.55. The smallest absolute Gasteiger partial charge is 0.104 e. The van der Waals surface area contributed by atoms with E-state index < -0.39 is 0 Å². The van der Waals surface area contributed by atoms with E-state index in [-0.39, 0.29) is 9.64 Å². The third kappa shape index (κ3) is 0.988. The Kier molecular flexibility index (Phi) is 1.50. The molecule has 1 heterocycles. The maximum Gasteiger partial charge on any atom is 0.104 e. The molecule has 46 valence electrons. The first-order valence-corrected chi connectivity index (χ1v) is 4.23. The molecular formula is C3H7N3S2. The highest BCUT2D eigenvalue weighted by Crippen LogP contribution is 2.00. The molecule has 1 aliphatic rings. The predicted molar refractivity (Wildman–Crippen MR) is 37.9 cm³/mol. The number of hydrogen-bond donors (Lipinski definition) is 2. The molecule has 0 aromatic rings. The summed E-state index contributed by atoms with van der Waals surface area (Å²) in [5.41, 5.74) is 5.43. The Balaban J connectivity index is 2.73. The molecule has 0 saturated carbocycles. The second-order valence-electron chi connectivity index (χ2n) is 1.50. The minimum Gasteiger partial charge on any atom is -0.391 e. The molecule has 0 aromatic heterocycles. The third-order valence-electron chi connectivity index (χ3n) is 0.762. The molecule has 1 rings (SSSR count). The molecule has 3 N–H and O–H groups in total. The molecule has 0 aliphatic carbocycles. The maximum absolute atomic E-state index is 5.43. The first kappa shape index (κ1) is 6.00. The lowest BCUT2D eigenvalue weighted by Gasteiger charge is -2.04. The summed E-state index contributed by atoms with van der Waals surface area (Å²) in [6.07, 6.45) is 1.79. The van der Waals surface area contributed by atoms with Gasteiger partial charge in [0.2, 0.25) is 0 Å². The van der Waals surface area contributed by atoms with Gasteiger partial charge in [-0.3, -0.25) is 0 Å². The molecule has 1 unspecified atom stereocenters. The summed E-state index contributed by atoms with van der Waals surface area (Å²) in [6, 6.07) is 0. The van der Waals surface area contributed by atoms with Crippen LogP contribution in [0.2, 0.25) is 0 Å². The van der Waals surface area contributed by atoms with Gasteiger partial charge in [-0.2, -0.15) is 4.83 Å². The van der Waals surface area contributed by atoms with Crippen molar-refractivity contribution in [2.45, 2.75) is 0 Å². The van der Waals surface area contributed by atoms with Gasteiger partial charge in [-0.1, -0.05) is 0 Å². The lowest BCUT2D eigenvalue weighted by molar-refractivity contribution is 0.442. The number of nitrogens with two attached hydrogens (primary N) is 1. The van der Waals surface area contributed by atoms with E-state index >= 15 is 0 Å².